The van der Waals surface area contributed by atoms with Gasteiger partial charge in [0.25, 0.3) is 0 Å². The van der Waals surface area contributed by atoms with E-state index in [2.05, 4.69) is 116 Å². The number of aliphatic hydroxyl groups is 2. The summed E-state index contributed by atoms with van der Waals surface area (Å²) >= 11 is -1.28. The Hall–Kier alpha value is -6.19. The Morgan fingerprint density at radius 1 is 0.562 bits per heavy atom. The number of carbonyl (C=O) groups is 3. The van der Waals surface area contributed by atoms with E-state index >= 15 is 0 Å². The molecule has 0 aromatic heterocycles. The van der Waals surface area contributed by atoms with E-state index in [0.29, 0.717) is 54.8 Å². The van der Waals surface area contributed by atoms with Crippen LogP contribution in [0.4, 0.5) is 5.69 Å². The van der Waals surface area contributed by atoms with Crippen LogP contribution >= 0.6 is 40.5 Å². The fraction of sp³-hybridized carbons (Fsp3) is 0.203. The van der Waals surface area contributed by atoms with Crippen molar-refractivity contribution in [2.24, 2.45) is 11.8 Å². The minimum atomic E-state index is -4.88. The molecule has 0 fully saturated rings. The number of aliphatic hydroxyl groups excluding tert-OH is 2. The molecule has 0 amide bonds. The fourth-order valence-corrected chi connectivity index (χ4v) is 31.2. The average Bonchev–Trinajstić information content (AvgIpc) is 3.66. The van der Waals surface area contributed by atoms with E-state index in [-0.39, 0.29) is 29.0 Å². The van der Waals surface area contributed by atoms with Gasteiger partial charge in [-0.05, 0) is 92.3 Å². The fourth-order valence-electron chi connectivity index (χ4n) is 10.1. The number of ketones is 2. The predicted octanol–water partition coefficient (Wildman–Crippen LogP) is 15.8. The third-order valence-corrected chi connectivity index (χ3v) is 40.6. The molecule has 3 atom stereocenters. The van der Waals surface area contributed by atoms with Gasteiger partial charge in [-0.2, -0.15) is 0 Å². The first-order valence-electron chi connectivity index (χ1n) is 27.1. The molecule has 2 aliphatic rings. The Balaban J connectivity index is 0.000000166. The Morgan fingerprint density at radius 2 is 1.04 bits per heavy atom. The number of para-hydroxylation sites is 1. The molecule has 11 heteroatoms. The number of hydrogen-bond donors (Lipinski definition) is 3. The number of Topliss-reactive ketones (excluding diaryl/α,β-unsaturated/α-hetero) is 1. The molecule has 410 valence electrons. The molecule has 0 aliphatic heterocycles. The average molecular weight is 1340 g/mol. The van der Waals surface area contributed by atoms with Crippen LogP contribution in [0.5, 0.6) is 0 Å². The summed E-state index contributed by atoms with van der Waals surface area (Å²) in [4.78, 5) is 38.8. The van der Waals surface area contributed by atoms with Crippen LogP contribution in [-0.2, 0) is 20.8 Å². The second kappa shape index (κ2) is 29.0. The third kappa shape index (κ3) is 16.0. The summed E-state index contributed by atoms with van der Waals surface area (Å²) in [5.41, 5.74) is 7.51. The van der Waals surface area contributed by atoms with Crippen molar-refractivity contribution in [2.45, 2.75) is 74.6 Å². The number of hydrogen-bond acceptors (Lipinski definition) is 8. The molecule has 3 N–H and O–H groups in total. The zero-order valence-corrected chi connectivity index (χ0v) is 51.8. The third-order valence-electron chi connectivity index (χ3n) is 14.3. The van der Waals surface area contributed by atoms with Gasteiger partial charge in [0, 0.05) is 52.8 Å². The zero-order chi connectivity index (χ0) is 56.3. The standard InChI is InChI=1S/C30H31NO3S.C15H18O2S.C12H9.2C6H5.Bi.2ClH/c1-21-11-13-25(14-12-21)35-16-15-23-18-28(33)30(29(34)19-23)26-9-5-6-10-27(26)31-24(20-32)17-22-7-3-2-4-8-22;1-11-2-4-15(5-3-11)18-7-6-12-8-13(16)10-14(17)9-12;1-3-7-11(8-4-1)12-9-5-2-6-10-12;2*1-2-4-6-5-3-1;;;/h2-14,20,23-24,31,33H,15-19H2,1H3;2-5,10,12,16H,6-9H2,1H3;1-9H;2*1-5H;;2*1H/q;;;;;+2;;/p-2/t23?,24-;;;;;;;/m0......./s1. The maximum absolute atomic E-state index is 13.2. The monoisotopic (exact) mass is 1330 g/mol. The predicted molar refractivity (Wildman–Crippen MR) is 340 cm³/mol. The van der Waals surface area contributed by atoms with E-state index in [1.165, 1.54) is 27.0 Å². The number of anilines is 1. The van der Waals surface area contributed by atoms with Crippen molar-refractivity contribution in [1.29, 1.82) is 0 Å². The number of nitrogens with one attached hydrogen (secondary N) is 1. The van der Waals surface area contributed by atoms with E-state index in [1.54, 1.807) is 11.8 Å². The molecular weight excluding hydrogens is 1270 g/mol. The van der Waals surface area contributed by atoms with Crippen LogP contribution in [0.15, 0.2) is 246 Å². The molecule has 0 saturated carbocycles. The van der Waals surface area contributed by atoms with E-state index in [4.69, 9.17) is 17.0 Å². The SMILES string of the molecule is Cc1ccc(SCCC2CC(=O)C(c3ccccc3N[C@H](C=O)Cc3ccccc3)=C(O)C2)cc1.Cc1ccc(SCCC2CC(=O)C=C(O)C2)cc1.[Cl][Bi]([Cl])([c]1ccccc1)([c]1ccccc1)[c]1ccccc1-c1ccccc1. The minimum absolute atomic E-state index is 0.0425. The Labute approximate surface area is 489 Å². The number of carbonyl (C=O) groups excluding carboxylic acids is 3. The summed E-state index contributed by atoms with van der Waals surface area (Å²) in [7, 11) is 15.4. The van der Waals surface area contributed by atoms with Gasteiger partial charge in [-0.3, -0.25) is 9.59 Å². The van der Waals surface area contributed by atoms with Gasteiger partial charge >= 0.3 is 170 Å². The summed E-state index contributed by atoms with van der Waals surface area (Å²) in [6.45, 7) is 4.15. The molecule has 2 unspecified atom stereocenters. The number of halogens is 2. The molecule has 0 bridgehead atoms. The molecule has 2 aliphatic carbocycles. The van der Waals surface area contributed by atoms with E-state index in [9.17, 15) is 24.6 Å². The van der Waals surface area contributed by atoms with Crippen molar-refractivity contribution in [3.8, 4) is 11.1 Å². The topological polar surface area (TPSA) is 104 Å². The molecule has 0 saturated heterocycles. The van der Waals surface area contributed by atoms with Crippen LogP contribution in [0.3, 0.4) is 0 Å². The van der Waals surface area contributed by atoms with Crippen LogP contribution < -0.4 is 15.1 Å². The van der Waals surface area contributed by atoms with Crippen LogP contribution in [0.25, 0.3) is 16.7 Å². The summed E-state index contributed by atoms with van der Waals surface area (Å²) in [5.74, 6) is 2.74. The molecule has 80 heavy (non-hydrogen) atoms. The number of thioether (sulfide) groups is 2. The van der Waals surface area contributed by atoms with Crippen LogP contribution in [0, 0.1) is 25.7 Å². The molecule has 6 nitrogen and oxygen atoms in total. The zero-order valence-electron chi connectivity index (χ0n) is 45.2. The first-order valence-corrected chi connectivity index (χ1v) is 42.8. The van der Waals surface area contributed by atoms with Crippen LogP contribution in [-0.4, -0.2) is 62.0 Å². The van der Waals surface area contributed by atoms with Gasteiger partial charge in [0.1, 0.15) is 12.0 Å². The summed E-state index contributed by atoms with van der Waals surface area (Å²) < 4.78 is 3.11. The second-order valence-electron chi connectivity index (χ2n) is 20.4. The van der Waals surface area contributed by atoms with Gasteiger partial charge < -0.3 is 20.3 Å². The van der Waals surface area contributed by atoms with Crippen molar-refractivity contribution in [1.82, 2.24) is 0 Å². The molecule has 8 aromatic rings. The van der Waals surface area contributed by atoms with Crippen molar-refractivity contribution in [2.75, 3.05) is 16.8 Å². The molecule has 10 rings (SSSR count). The Kier molecular flexibility index (Phi) is 21.7. The van der Waals surface area contributed by atoms with Gasteiger partial charge in [-0.25, -0.2) is 0 Å². The van der Waals surface area contributed by atoms with Crippen molar-refractivity contribution in [3.05, 3.63) is 258 Å². The molecule has 8 aromatic carbocycles. The summed E-state index contributed by atoms with van der Waals surface area (Å²) in [6.07, 6.45) is 6.78. The number of aldehydes is 1. The number of aryl methyl sites for hydroxylation is 2. The van der Waals surface area contributed by atoms with E-state index in [0.717, 1.165) is 57.1 Å². The summed E-state index contributed by atoms with van der Waals surface area (Å²) in [5, 5.41) is 23.6. The Morgan fingerprint density at radius 3 is 1.56 bits per heavy atom. The van der Waals surface area contributed by atoms with Crippen LogP contribution in [0.1, 0.15) is 60.8 Å². The van der Waals surface area contributed by atoms with Gasteiger partial charge in [-0.1, -0.05) is 83.9 Å². The first kappa shape index (κ1) is 59.9. The number of rotatable bonds is 18. The van der Waals surface area contributed by atoms with Gasteiger partial charge in [-0.15, -0.1) is 23.5 Å². The normalized spacial score (nSPS) is 16.1. The van der Waals surface area contributed by atoms with Gasteiger partial charge in [0.2, 0.25) is 0 Å². The first-order chi connectivity index (χ1) is 38.8. The molecule has 0 spiro atoms. The summed E-state index contributed by atoms with van der Waals surface area (Å²) in [6, 6.07) is 72.7. The van der Waals surface area contributed by atoms with Crippen molar-refractivity contribution < 1.29 is 24.6 Å². The quantitative estimate of drug-likeness (QED) is 0.0444. The molecule has 0 heterocycles. The van der Waals surface area contributed by atoms with E-state index in [1.807, 2.05) is 133 Å². The molecule has 0 radical (unpaired) electrons. The van der Waals surface area contributed by atoms with Crippen LogP contribution in [0.2, 0.25) is 0 Å². The number of allylic oxidation sites excluding steroid dienone is 4. The van der Waals surface area contributed by atoms with Gasteiger partial charge in [0.15, 0.2) is 11.6 Å². The van der Waals surface area contributed by atoms with E-state index < -0.39 is 22.4 Å². The number of benzene rings is 8. The maximum atomic E-state index is 13.2. The van der Waals surface area contributed by atoms with Gasteiger partial charge in [0.05, 0.1) is 17.4 Å². The second-order valence-corrected chi connectivity index (χ2v) is 49.0. The van der Waals surface area contributed by atoms with Crippen molar-refractivity contribution in [3.63, 3.8) is 0 Å². The molecular formula is C69H68BiCl2NO5S2. The van der Waals surface area contributed by atoms with Crippen molar-refractivity contribution >= 4 is 95.9 Å². The Bertz CT molecular complexity index is 3330.